The van der Waals surface area contributed by atoms with Crippen LogP contribution in [0.2, 0.25) is 0 Å². The maximum absolute atomic E-state index is 12.6. The zero-order valence-corrected chi connectivity index (χ0v) is 35.1. The van der Waals surface area contributed by atoms with Crippen molar-refractivity contribution < 1.29 is 42.4 Å². The lowest BCUT2D eigenvalue weighted by atomic mass is 10.0. The van der Waals surface area contributed by atoms with Crippen LogP contribution in [-0.2, 0) is 27.9 Å². The molecule has 0 aliphatic carbocycles. The van der Waals surface area contributed by atoms with Crippen LogP contribution in [0.3, 0.4) is 0 Å². The molecule has 0 aromatic carbocycles. The number of rotatable bonds is 38. The Morgan fingerprint density at radius 2 is 1.23 bits per heavy atom. The molecular weight excluding hydrogens is 677 g/mol. The zero-order chi connectivity index (χ0) is 38.6. The second-order valence-electron chi connectivity index (χ2n) is 15.3. The van der Waals surface area contributed by atoms with E-state index >= 15 is 0 Å². The van der Waals surface area contributed by atoms with Crippen LogP contribution >= 0.6 is 7.82 Å². The molecule has 0 amide bonds. The zero-order valence-electron chi connectivity index (χ0n) is 34.2. The van der Waals surface area contributed by atoms with Gasteiger partial charge in [0, 0.05) is 6.42 Å². The standard InChI is InChI=1S/C42H80NO8P/c1-6-8-10-12-14-15-16-17-18-19-20-22-27-31-36-48-38-41(39-50-52(46,47)49-37-35-43(3,4)5)51-42(45)34-30-26-23-25-29-33-40(44)32-28-24-21-13-11-9-7-2/h21,24,28,31-32,36,40-41,44H,6-20,22-23,25-27,29-30,33-35,37-39H2,1-5H3/p+1/b24-21-,32-28+,36-31-. The summed E-state index contributed by atoms with van der Waals surface area (Å²) in [5, 5.41) is 10.2. The second-order valence-corrected chi connectivity index (χ2v) is 16.7. The molecule has 306 valence electrons. The minimum Gasteiger partial charge on any atom is -0.498 e. The number of ether oxygens (including phenoxy) is 2. The number of phosphoric acid groups is 1. The lowest BCUT2D eigenvalue weighted by Crippen LogP contribution is -2.37. The van der Waals surface area contributed by atoms with E-state index in [1.807, 2.05) is 45.4 Å². The van der Waals surface area contributed by atoms with Crippen molar-refractivity contribution in [3.05, 3.63) is 36.6 Å². The first kappa shape index (κ1) is 50.5. The number of hydrogen-bond donors (Lipinski definition) is 2. The summed E-state index contributed by atoms with van der Waals surface area (Å²) in [5.41, 5.74) is 0. The number of quaternary nitrogens is 1. The van der Waals surface area contributed by atoms with Crippen molar-refractivity contribution in [2.45, 2.75) is 180 Å². The van der Waals surface area contributed by atoms with Crippen molar-refractivity contribution >= 4 is 13.8 Å². The van der Waals surface area contributed by atoms with E-state index in [1.165, 1.54) is 89.9 Å². The van der Waals surface area contributed by atoms with Crippen molar-refractivity contribution in [2.75, 3.05) is 47.5 Å². The number of carbonyl (C=O) groups excluding carboxylic acids is 1. The molecule has 52 heavy (non-hydrogen) atoms. The van der Waals surface area contributed by atoms with Crippen LogP contribution in [0.25, 0.3) is 0 Å². The summed E-state index contributed by atoms with van der Waals surface area (Å²) in [6.07, 6.45) is 37.1. The van der Waals surface area contributed by atoms with Crippen LogP contribution in [0, 0.1) is 0 Å². The number of unbranched alkanes of at least 4 members (excludes halogenated alkanes) is 19. The molecule has 0 aliphatic heterocycles. The Kier molecular flexibility index (Phi) is 34.2. The molecule has 0 bridgehead atoms. The Morgan fingerprint density at radius 1 is 0.692 bits per heavy atom. The van der Waals surface area contributed by atoms with Gasteiger partial charge in [0.05, 0.1) is 40.1 Å². The van der Waals surface area contributed by atoms with Crippen molar-refractivity contribution in [2.24, 2.45) is 0 Å². The molecular formula is C42H81NO8P+. The first-order valence-corrected chi connectivity index (χ1v) is 22.4. The molecule has 0 saturated heterocycles. The molecule has 2 N–H and O–H groups in total. The van der Waals surface area contributed by atoms with E-state index in [4.69, 9.17) is 18.5 Å². The van der Waals surface area contributed by atoms with Gasteiger partial charge in [-0.2, -0.15) is 0 Å². The number of nitrogens with zero attached hydrogens (tertiary/aromatic N) is 1. The SMILES string of the molecule is CCCCC/C=C\C=C\C(O)CCCCCCCC(=O)OC(CO/C=C\CCCCCCCCCCCCCC)COP(=O)(O)OCC[N+](C)(C)C. The molecule has 3 atom stereocenters. The van der Waals surface area contributed by atoms with Crippen LogP contribution in [0.4, 0.5) is 0 Å². The Hall–Kier alpha value is -1.48. The normalized spacial score (nSPS) is 14.8. The van der Waals surface area contributed by atoms with Gasteiger partial charge in [0.15, 0.2) is 6.10 Å². The van der Waals surface area contributed by atoms with E-state index in [2.05, 4.69) is 19.9 Å². The molecule has 0 spiro atoms. The highest BCUT2D eigenvalue weighted by molar-refractivity contribution is 7.47. The second kappa shape index (κ2) is 35.2. The Bertz CT molecular complexity index is 949. The Morgan fingerprint density at radius 3 is 1.87 bits per heavy atom. The lowest BCUT2D eigenvalue weighted by Gasteiger charge is -2.24. The number of aliphatic hydroxyl groups is 1. The number of hydrogen-bond acceptors (Lipinski definition) is 7. The predicted octanol–water partition coefficient (Wildman–Crippen LogP) is 11.1. The lowest BCUT2D eigenvalue weighted by molar-refractivity contribution is -0.870. The Balaban J connectivity index is 4.41. The molecule has 10 heteroatoms. The van der Waals surface area contributed by atoms with Crippen LogP contribution in [0.5, 0.6) is 0 Å². The van der Waals surface area contributed by atoms with E-state index < -0.39 is 20.0 Å². The fourth-order valence-electron chi connectivity index (χ4n) is 5.54. The average molecular weight is 759 g/mol. The maximum atomic E-state index is 12.6. The van der Waals surface area contributed by atoms with E-state index in [9.17, 15) is 19.4 Å². The summed E-state index contributed by atoms with van der Waals surface area (Å²) < 4.78 is 34.6. The molecule has 0 saturated carbocycles. The number of allylic oxidation sites excluding steroid dienone is 4. The summed E-state index contributed by atoms with van der Waals surface area (Å²) in [4.78, 5) is 22.8. The van der Waals surface area contributed by atoms with Crippen LogP contribution in [0.1, 0.15) is 168 Å². The van der Waals surface area contributed by atoms with Gasteiger partial charge in [-0.25, -0.2) is 4.57 Å². The fourth-order valence-corrected chi connectivity index (χ4v) is 6.28. The third kappa shape index (κ3) is 38.3. The third-order valence-electron chi connectivity index (χ3n) is 8.87. The van der Waals surface area contributed by atoms with Gasteiger partial charge < -0.3 is 24.0 Å². The summed E-state index contributed by atoms with van der Waals surface area (Å²) in [6, 6.07) is 0. The molecule has 0 rings (SSSR count). The maximum Gasteiger partial charge on any atom is 0.472 e. The number of carbonyl (C=O) groups is 1. The van der Waals surface area contributed by atoms with Crippen molar-refractivity contribution in [1.82, 2.24) is 0 Å². The molecule has 0 aliphatic rings. The number of esters is 1. The van der Waals surface area contributed by atoms with Gasteiger partial charge in [0.25, 0.3) is 0 Å². The van der Waals surface area contributed by atoms with Crippen molar-refractivity contribution in [3.63, 3.8) is 0 Å². The first-order valence-electron chi connectivity index (χ1n) is 20.9. The van der Waals surface area contributed by atoms with Gasteiger partial charge in [-0.3, -0.25) is 13.8 Å². The van der Waals surface area contributed by atoms with E-state index in [0.29, 0.717) is 17.4 Å². The molecule has 0 heterocycles. The van der Waals surface area contributed by atoms with Crippen LogP contribution in [-0.4, -0.2) is 80.2 Å². The number of phosphoric ester groups is 1. The first-order chi connectivity index (χ1) is 25.0. The quantitative estimate of drug-likeness (QED) is 0.0160. The van der Waals surface area contributed by atoms with Gasteiger partial charge in [-0.1, -0.05) is 147 Å². The van der Waals surface area contributed by atoms with Crippen molar-refractivity contribution in [1.29, 1.82) is 0 Å². The molecule has 9 nitrogen and oxygen atoms in total. The fraction of sp³-hybridized carbons (Fsp3) is 0.833. The predicted molar refractivity (Wildman–Crippen MR) is 216 cm³/mol. The summed E-state index contributed by atoms with van der Waals surface area (Å²) in [7, 11) is 1.58. The average Bonchev–Trinajstić information content (AvgIpc) is 3.08. The summed E-state index contributed by atoms with van der Waals surface area (Å²) in [6.45, 7) is 4.77. The highest BCUT2D eigenvalue weighted by Crippen LogP contribution is 2.43. The van der Waals surface area contributed by atoms with Gasteiger partial charge in [0.1, 0.15) is 19.8 Å². The summed E-state index contributed by atoms with van der Waals surface area (Å²) >= 11 is 0. The molecule has 3 unspecified atom stereocenters. The molecule has 0 fully saturated rings. The molecule has 0 aromatic rings. The smallest absolute Gasteiger partial charge is 0.472 e. The van der Waals surface area contributed by atoms with E-state index in [0.717, 1.165) is 51.4 Å². The number of likely N-dealkylation sites (N-methyl/N-ethyl adjacent to an activating group) is 1. The van der Waals surface area contributed by atoms with Crippen molar-refractivity contribution in [3.8, 4) is 0 Å². The highest BCUT2D eigenvalue weighted by Gasteiger charge is 2.26. The van der Waals surface area contributed by atoms with Crippen LogP contribution in [0.15, 0.2) is 36.6 Å². The topological polar surface area (TPSA) is 112 Å². The van der Waals surface area contributed by atoms with Gasteiger partial charge in [0.2, 0.25) is 0 Å². The van der Waals surface area contributed by atoms with Crippen LogP contribution < -0.4 is 0 Å². The van der Waals surface area contributed by atoms with E-state index in [-0.39, 0.29) is 32.2 Å². The third-order valence-corrected chi connectivity index (χ3v) is 9.86. The summed E-state index contributed by atoms with van der Waals surface area (Å²) in [5.74, 6) is -0.389. The van der Waals surface area contributed by atoms with Gasteiger partial charge in [-0.15, -0.1) is 0 Å². The minimum atomic E-state index is -4.31. The van der Waals surface area contributed by atoms with Gasteiger partial charge >= 0.3 is 13.8 Å². The minimum absolute atomic E-state index is 0.0188. The largest absolute Gasteiger partial charge is 0.498 e. The highest BCUT2D eigenvalue weighted by atomic mass is 31.2. The van der Waals surface area contributed by atoms with Gasteiger partial charge in [-0.05, 0) is 44.6 Å². The molecule has 0 radical (unpaired) electrons. The Labute approximate surface area is 319 Å². The monoisotopic (exact) mass is 759 g/mol. The number of aliphatic hydroxyl groups excluding tert-OH is 1. The molecule has 0 aromatic heterocycles. The van der Waals surface area contributed by atoms with E-state index in [1.54, 1.807) is 6.26 Å².